The predicted molar refractivity (Wildman–Crippen MR) is 68.5 cm³/mol. The molecule has 0 bridgehead atoms. The van der Waals surface area contributed by atoms with Gasteiger partial charge in [-0.25, -0.2) is 4.39 Å². The van der Waals surface area contributed by atoms with E-state index < -0.39 is 0 Å². The van der Waals surface area contributed by atoms with E-state index in [0.29, 0.717) is 25.4 Å². The second-order valence-corrected chi connectivity index (χ2v) is 3.75. The fourth-order valence-corrected chi connectivity index (χ4v) is 1.45. The summed E-state index contributed by atoms with van der Waals surface area (Å²) in [5, 5.41) is 0. The summed E-state index contributed by atoms with van der Waals surface area (Å²) in [5.74, 6) is 5.19. The Hall–Kier alpha value is -1.41. The van der Waals surface area contributed by atoms with E-state index in [4.69, 9.17) is 15.2 Å². The van der Waals surface area contributed by atoms with Gasteiger partial charge in [0.1, 0.15) is 5.82 Å². The minimum atomic E-state index is -0.311. The van der Waals surface area contributed by atoms with E-state index in [1.807, 2.05) is 6.07 Å². The summed E-state index contributed by atoms with van der Waals surface area (Å²) in [6.45, 7) is 1.89. The number of rotatable bonds is 6. The van der Waals surface area contributed by atoms with Crippen molar-refractivity contribution >= 4 is 0 Å². The van der Waals surface area contributed by atoms with Gasteiger partial charge < -0.3 is 15.2 Å². The molecule has 0 spiro atoms. The minimum absolute atomic E-state index is 0.263. The van der Waals surface area contributed by atoms with Gasteiger partial charge in [-0.3, -0.25) is 0 Å². The van der Waals surface area contributed by atoms with E-state index in [1.165, 1.54) is 12.1 Å². The van der Waals surface area contributed by atoms with Crippen LogP contribution in [-0.2, 0) is 16.1 Å². The first-order chi connectivity index (χ1) is 8.76. The van der Waals surface area contributed by atoms with E-state index in [-0.39, 0.29) is 12.4 Å². The molecule has 0 amide bonds. The zero-order valence-corrected chi connectivity index (χ0v) is 10.5. The number of nitrogens with two attached hydrogens (primary N) is 1. The van der Waals surface area contributed by atoms with Gasteiger partial charge in [-0.2, -0.15) is 0 Å². The van der Waals surface area contributed by atoms with Crippen molar-refractivity contribution in [3.05, 3.63) is 35.1 Å². The SMILES string of the molecule is COCCCOCc1cc(F)cc(C#CCN)c1. The summed E-state index contributed by atoms with van der Waals surface area (Å²) in [7, 11) is 1.65. The molecule has 1 aromatic carbocycles. The van der Waals surface area contributed by atoms with E-state index >= 15 is 0 Å². The van der Waals surface area contributed by atoms with E-state index in [2.05, 4.69) is 11.8 Å². The van der Waals surface area contributed by atoms with E-state index in [1.54, 1.807) is 7.11 Å². The van der Waals surface area contributed by atoms with Gasteiger partial charge in [0.05, 0.1) is 13.2 Å². The van der Waals surface area contributed by atoms with Crippen LogP contribution in [0.1, 0.15) is 17.5 Å². The molecular weight excluding hydrogens is 233 g/mol. The highest BCUT2D eigenvalue weighted by atomic mass is 19.1. The van der Waals surface area contributed by atoms with Crippen LogP contribution in [0.4, 0.5) is 4.39 Å². The van der Waals surface area contributed by atoms with Crippen LogP contribution >= 0.6 is 0 Å². The summed E-state index contributed by atoms with van der Waals surface area (Å²) in [6, 6.07) is 4.64. The Labute approximate surface area is 107 Å². The maximum absolute atomic E-state index is 13.3. The molecule has 18 heavy (non-hydrogen) atoms. The van der Waals surface area contributed by atoms with Gasteiger partial charge in [-0.15, -0.1) is 0 Å². The Morgan fingerprint density at radius 1 is 1.28 bits per heavy atom. The van der Waals surface area contributed by atoms with Crippen molar-refractivity contribution in [3.8, 4) is 11.8 Å². The van der Waals surface area contributed by atoms with Crippen molar-refractivity contribution in [2.24, 2.45) is 5.73 Å². The van der Waals surface area contributed by atoms with Crippen molar-refractivity contribution in [3.63, 3.8) is 0 Å². The Morgan fingerprint density at radius 2 is 2.11 bits per heavy atom. The number of ether oxygens (including phenoxy) is 2. The van der Waals surface area contributed by atoms with Crippen molar-refractivity contribution in [1.29, 1.82) is 0 Å². The molecule has 0 aliphatic heterocycles. The third-order valence-corrected chi connectivity index (χ3v) is 2.20. The number of halogens is 1. The lowest BCUT2D eigenvalue weighted by molar-refractivity contribution is 0.0927. The maximum atomic E-state index is 13.3. The second-order valence-electron chi connectivity index (χ2n) is 3.75. The standard InChI is InChI=1S/C14H18FNO2/c1-17-6-3-7-18-11-13-8-12(4-2-5-16)9-14(15)10-13/h8-10H,3,5-7,11,16H2,1H3. The van der Waals surface area contributed by atoms with E-state index in [9.17, 15) is 4.39 Å². The number of hydrogen-bond donors (Lipinski definition) is 1. The molecule has 1 aromatic rings. The summed E-state index contributed by atoms with van der Waals surface area (Å²) < 4.78 is 23.6. The van der Waals surface area contributed by atoms with Crippen molar-refractivity contribution in [2.45, 2.75) is 13.0 Å². The van der Waals surface area contributed by atoms with Gasteiger partial charge in [0.15, 0.2) is 0 Å². The quantitative estimate of drug-likeness (QED) is 0.618. The Morgan fingerprint density at radius 3 is 2.83 bits per heavy atom. The van der Waals surface area contributed by atoms with Gasteiger partial charge >= 0.3 is 0 Å². The lowest BCUT2D eigenvalue weighted by Crippen LogP contribution is -2.00. The highest BCUT2D eigenvalue weighted by Gasteiger charge is 2.00. The fraction of sp³-hybridized carbons (Fsp3) is 0.429. The molecule has 0 unspecified atom stereocenters. The van der Waals surface area contributed by atoms with Crippen molar-refractivity contribution in [1.82, 2.24) is 0 Å². The van der Waals surface area contributed by atoms with Crippen LogP contribution in [-0.4, -0.2) is 26.9 Å². The first-order valence-electron chi connectivity index (χ1n) is 5.81. The summed E-state index contributed by atoms with van der Waals surface area (Å²) in [4.78, 5) is 0. The molecule has 4 heteroatoms. The third kappa shape index (κ3) is 5.78. The van der Waals surface area contributed by atoms with Gasteiger partial charge in [0.25, 0.3) is 0 Å². The first kappa shape index (κ1) is 14.7. The number of methoxy groups -OCH3 is 1. The maximum Gasteiger partial charge on any atom is 0.124 e. The van der Waals surface area contributed by atoms with Crippen LogP contribution < -0.4 is 5.73 Å². The Kier molecular flexibility index (Phi) is 7.04. The molecule has 0 atom stereocenters. The highest BCUT2D eigenvalue weighted by molar-refractivity contribution is 5.37. The van der Waals surface area contributed by atoms with Crippen molar-refractivity contribution in [2.75, 3.05) is 26.9 Å². The highest BCUT2D eigenvalue weighted by Crippen LogP contribution is 2.09. The van der Waals surface area contributed by atoms with Crippen LogP contribution in [0.2, 0.25) is 0 Å². The monoisotopic (exact) mass is 251 g/mol. The normalized spacial score (nSPS) is 9.94. The Bertz CT molecular complexity index is 424. The molecule has 2 N–H and O–H groups in total. The van der Waals surface area contributed by atoms with Gasteiger partial charge in [0.2, 0.25) is 0 Å². The summed E-state index contributed by atoms with van der Waals surface area (Å²) in [5.41, 5.74) is 6.67. The van der Waals surface area contributed by atoms with Crippen LogP contribution in [0.5, 0.6) is 0 Å². The molecule has 0 saturated carbocycles. The molecular formula is C14H18FNO2. The summed E-state index contributed by atoms with van der Waals surface area (Å²) >= 11 is 0. The largest absolute Gasteiger partial charge is 0.385 e. The van der Waals surface area contributed by atoms with Crippen LogP contribution in [0.3, 0.4) is 0 Å². The van der Waals surface area contributed by atoms with Gasteiger partial charge in [-0.1, -0.05) is 11.8 Å². The lowest BCUT2D eigenvalue weighted by Gasteiger charge is -2.05. The fourth-order valence-electron chi connectivity index (χ4n) is 1.45. The lowest BCUT2D eigenvalue weighted by atomic mass is 10.1. The molecule has 98 valence electrons. The smallest absolute Gasteiger partial charge is 0.124 e. The van der Waals surface area contributed by atoms with Gasteiger partial charge in [0, 0.05) is 25.9 Å². The summed E-state index contributed by atoms with van der Waals surface area (Å²) in [6.07, 6.45) is 0.825. The average molecular weight is 251 g/mol. The molecule has 0 aromatic heterocycles. The second kappa shape index (κ2) is 8.65. The molecule has 0 aliphatic rings. The van der Waals surface area contributed by atoms with Gasteiger partial charge in [-0.05, 0) is 30.2 Å². The first-order valence-corrected chi connectivity index (χ1v) is 5.81. The zero-order chi connectivity index (χ0) is 13.2. The van der Waals surface area contributed by atoms with Crippen LogP contribution in [0.15, 0.2) is 18.2 Å². The Balaban J connectivity index is 2.52. The molecule has 0 aliphatic carbocycles. The topological polar surface area (TPSA) is 44.5 Å². The number of benzene rings is 1. The van der Waals surface area contributed by atoms with Crippen LogP contribution in [0, 0.1) is 17.7 Å². The third-order valence-electron chi connectivity index (χ3n) is 2.20. The molecule has 0 fully saturated rings. The predicted octanol–water partition coefficient (Wildman–Crippen LogP) is 1.69. The molecule has 3 nitrogen and oxygen atoms in total. The number of hydrogen-bond acceptors (Lipinski definition) is 3. The van der Waals surface area contributed by atoms with Crippen molar-refractivity contribution < 1.29 is 13.9 Å². The van der Waals surface area contributed by atoms with Crippen LogP contribution in [0.25, 0.3) is 0 Å². The minimum Gasteiger partial charge on any atom is -0.385 e. The van der Waals surface area contributed by atoms with E-state index in [0.717, 1.165) is 12.0 Å². The zero-order valence-electron chi connectivity index (χ0n) is 10.5. The molecule has 0 heterocycles. The average Bonchev–Trinajstić information content (AvgIpc) is 2.35. The molecule has 1 rings (SSSR count). The molecule has 0 radical (unpaired) electrons. The molecule has 0 saturated heterocycles.